The van der Waals surface area contributed by atoms with Gasteiger partial charge >= 0.3 is 0 Å². The second kappa shape index (κ2) is 5.02. The topological polar surface area (TPSA) is 90.4 Å². The molecule has 2 heterocycles. The van der Waals surface area contributed by atoms with Crippen molar-refractivity contribution in [3.05, 3.63) is 10.4 Å². The Labute approximate surface area is 116 Å². The zero-order chi connectivity index (χ0) is 13.4. The van der Waals surface area contributed by atoms with Crippen LogP contribution in [0.1, 0.15) is 46.8 Å². The van der Waals surface area contributed by atoms with Gasteiger partial charge in [-0.3, -0.25) is 4.79 Å². The third-order valence-electron chi connectivity index (χ3n) is 3.71. The van der Waals surface area contributed by atoms with Gasteiger partial charge in [-0.05, 0) is 31.6 Å². The minimum absolute atomic E-state index is 0.271. The molecule has 0 bridgehead atoms. The third kappa shape index (κ3) is 2.55. The summed E-state index contributed by atoms with van der Waals surface area (Å²) in [6.45, 7) is 1.62. The molecule has 1 aromatic heterocycles. The van der Waals surface area contributed by atoms with E-state index in [9.17, 15) is 4.79 Å². The first kappa shape index (κ1) is 12.7. The summed E-state index contributed by atoms with van der Waals surface area (Å²) >= 11 is 1.38. The number of rotatable bonds is 5. The molecule has 1 aliphatic carbocycles. The van der Waals surface area contributed by atoms with Crippen LogP contribution in [-0.2, 0) is 4.74 Å². The Hall–Kier alpha value is -1.27. The van der Waals surface area contributed by atoms with E-state index in [2.05, 4.69) is 5.32 Å². The van der Waals surface area contributed by atoms with Gasteiger partial charge in [0.15, 0.2) is 0 Å². The molecule has 5 N–H and O–H groups in total. The highest BCUT2D eigenvalue weighted by Gasteiger charge is 2.32. The van der Waals surface area contributed by atoms with E-state index in [4.69, 9.17) is 16.2 Å². The minimum atomic E-state index is -0.436. The van der Waals surface area contributed by atoms with Crippen LogP contribution in [0, 0.1) is 0 Å². The minimum Gasteiger partial charge on any atom is -0.397 e. The van der Waals surface area contributed by atoms with E-state index in [1.54, 1.807) is 0 Å². The predicted octanol–water partition coefficient (Wildman–Crippen LogP) is 1.90. The predicted molar refractivity (Wildman–Crippen MR) is 76.7 cm³/mol. The summed E-state index contributed by atoms with van der Waals surface area (Å²) in [5.41, 5.74) is 13.1. The van der Waals surface area contributed by atoms with Crippen LogP contribution < -0.4 is 16.8 Å². The number of nitrogens with one attached hydrogen (secondary N) is 1. The Bertz CT molecular complexity index is 490. The van der Waals surface area contributed by atoms with Crippen LogP contribution in [0.4, 0.5) is 10.7 Å². The largest absolute Gasteiger partial charge is 0.397 e. The van der Waals surface area contributed by atoms with Gasteiger partial charge < -0.3 is 21.5 Å². The van der Waals surface area contributed by atoms with Gasteiger partial charge in [-0.2, -0.15) is 0 Å². The zero-order valence-corrected chi connectivity index (χ0v) is 11.6. The Balaban J connectivity index is 1.78. The average Bonchev–Trinajstić information content (AvgIpc) is 2.96. The molecule has 6 heteroatoms. The quantitative estimate of drug-likeness (QED) is 0.769. The molecule has 1 saturated heterocycles. The van der Waals surface area contributed by atoms with Crippen molar-refractivity contribution in [1.29, 1.82) is 0 Å². The maximum atomic E-state index is 11.4. The third-order valence-corrected chi connectivity index (χ3v) is 4.90. The van der Waals surface area contributed by atoms with Crippen molar-refractivity contribution < 1.29 is 9.53 Å². The molecule has 0 spiro atoms. The molecule has 1 aliphatic heterocycles. The highest BCUT2D eigenvalue weighted by Crippen LogP contribution is 2.50. The number of amides is 1. The molecule has 1 amide bonds. The van der Waals surface area contributed by atoms with E-state index in [-0.39, 0.29) is 6.10 Å². The van der Waals surface area contributed by atoms with Gasteiger partial charge in [-0.25, -0.2) is 0 Å². The van der Waals surface area contributed by atoms with E-state index in [1.807, 2.05) is 0 Å². The summed E-state index contributed by atoms with van der Waals surface area (Å²) in [6.07, 6.45) is 4.78. The SMILES string of the molecule is NC(=O)c1sc(NCC2CCCO2)c(C2CC2)c1N. The van der Waals surface area contributed by atoms with Gasteiger partial charge in [0.25, 0.3) is 5.91 Å². The van der Waals surface area contributed by atoms with Gasteiger partial charge in [0, 0.05) is 18.7 Å². The highest BCUT2D eigenvalue weighted by atomic mass is 32.1. The molecule has 5 nitrogen and oxygen atoms in total. The van der Waals surface area contributed by atoms with Crippen LogP contribution in [-0.4, -0.2) is 25.2 Å². The van der Waals surface area contributed by atoms with Gasteiger partial charge in [0.2, 0.25) is 0 Å². The van der Waals surface area contributed by atoms with Crippen molar-refractivity contribution in [3.8, 4) is 0 Å². The summed E-state index contributed by atoms with van der Waals surface area (Å²) in [7, 11) is 0. The molecule has 1 unspecified atom stereocenters. The molecule has 19 heavy (non-hydrogen) atoms. The summed E-state index contributed by atoms with van der Waals surface area (Å²) in [6, 6.07) is 0. The Kier molecular flexibility index (Phi) is 3.36. The van der Waals surface area contributed by atoms with E-state index >= 15 is 0 Å². The summed E-state index contributed by atoms with van der Waals surface area (Å²) < 4.78 is 5.59. The Morgan fingerprint density at radius 2 is 2.21 bits per heavy atom. The van der Waals surface area contributed by atoms with Crippen molar-refractivity contribution in [2.45, 2.75) is 37.7 Å². The molecular formula is C13H19N3O2S. The smallest absolute Gasteiger partial charge is 0.260 e. The number of hydrogen-bond donors (Lipinski definition) is 3. The second-order valence-electron chi connectivity index (χ2n) is 5.24. The second-order valence-corrected chi connectivity index (χ2v) is 6.26. The number of anilines is 2. The highest BCUT2D eigenvalue weighted by molar-refractivity contribution is 7.18. The summed E-state index contributed by atoms with van der Waals surface area (Å²) in [5.74, 6) is 0.0610. The Morgan fingerprint density at radius 1 is 1.42 bits per heavy atom. The van der Waals surface area contributed by atoms with E-state index < -0.39 is 5.91 Å². The fourth-order valence-electron chi connectivity index (χ4n) is 2.56. The zero-order valence-electron chi connectivity index (χ0n) is 10.8. The number of thiophene rings is 1. The number of carbonyl (C=O) groups is 1. The molecule has 1 atom stereocenters. The lowest BCUT2D eigenvalue weighted by molar-refractivity contribution is 0.100. The van der Waals surface area contributed by atoms with Crippen molar-refractivity contribution in [1.82, 2.24) is 0 Å². The van der Waals surface area contributed by atoms with Crippen LogP contribution in [0.25, 0.3) is 0 Å². The number of hydrogen-bond acceptors (Lipinski definition) is 5. The normalized spacial score (nSPS) is 22.6. The summed E-state index contributed by atoms with van der Waals surface area (Å²) in [5, 5.41) is 4.40. The lowest BCUT2D eigenvalue weighted by atomic mass is 10.1. The number of ether oxygens (including phenoxy) is 1. The van der Waals surface area contributed by atoms with Crippen LogP contribution in [0.2, 0.25) is 0 Å². The van der Waals surface area contributed by atoms with E-state index in [0.717, 1.165) is 49.4 Å². The molecular weight excluding hydrogens is 262 g/mol. The fraction of sp³-hybridized carbons (Fsp3) is 0.615. The fourth-order valence-corrected chi connectivity index (χ4v) is 3.63. The van der Waals surface area contributed by atoms with Gasteiger partial charge in [-0.15, -0.1) is 11.3 Å². The molecule has 0 aromatic carbocycles. The van der Waals surface area contributed by atoms with Crippen LogP contribution in [0.5, 0.6) is 0 Å². The lowest BCUT2D eigenvalue weighted by Crippen LogP contribution is -2.18. The van der Waals surface area contributed by atoms with Crippen LogP contribution in [0.15, 0.2) is 0 Å². The van der Waals surface area contributed by atoms with Crippen molar-refractivity contribution >= 4 is 27.9 Å². The van der Waals surface area contributed by atoms with E-state index in [1.165, 1.54) is 11.3 Å². The number of nitrogens with two attached hydrogens (primary N) is 2. The molecule has 1 aromatic rings. The monoisotopic (exact) mass is 281 g/mol. The van der Waals surface area contributed by atoms with Crippen molar-refractivity contribution in [2.24, 2.45) is 5.73 Å². The van der Waals surface area contributed by atoms with Crippen LogP contribution >= 0.6 is 11.3 Å². The van der Waals surface area contributed by atoms with Crippen LogP contribution in [0.3, 0.4) is 0 Å². The number of nitrogen functional groups attached to an aromatic ring is 1. The van der Waals surface area contributed by atoms with Gasteiger partial charge in [0.1, 0.15) is 4.88 Å². The first-order chi connectivity index (χ1) is 9.16. The lowest BCUT2D eigenvalue weighted by Gasteiger charge is -2.12. The van der Waals surface area contributed by atoms with Gasteiger partial charge in [-0.1, -0.05) is 0 Å². The van der Waals surface area contributed by atoms with E-state index in [0.29, 0.717) is 16.5 Å². The average molecular weight is 281 g/mol. The molecule has 2 fully saturated rings. The standard InChI is InChI=1S/C13H19N3O2S/c14-10-9(7-3-4-7)13(19-11(10)12(15)17)16-6-8-2-1-5-18-8/h7-8,16H,1-6,14H2,(H2,15,17). The molecule has 0 radical (unpaired) electrons. The Morgan fingerprint density at radius 3 is 2.79 bits per heavy atom. The first-order valence-electron chi connectivity index (χ1n) is 6.74. The molecule has 2 aliphatic rings. The number of primary amides is 1. The number of carbonyl (C=O) groups excluding carboxylic acids is 1. The molecule has 1 saturated carbocycles. The molecule has 104 valence electrons. The first-order valence-corrected chi connectivity index (χ1v) is 7.56. The van der Waals surface area contributed by atoms with Gasteiger partial charge in [0.05, 0.1) is 16.8 Å². The van der Waals surface area contributed by atoms with Crippen molar-refractivity contribution in [2.75, 3.05) is 24.2 Å². The maximum Gasteiger partial charge on any atom is 0.260 e. The van der Waals surface area contributed by atoms with Crippen molar-refractivity contribution in [3.63, 3.8) is 0 Å². The summed E-state index contributed by atoms with van der Waals surface area (Å²) in [4.78, 5) is 11.9. The maximum absolute atomic E-state index is 11.4. The molecule has 3 rings (SSSR count).